The number of ether oxygens (including phenoxy) is 3. The molecule has 2 aliphatic rings. The molecule has 1 aromatic carbocycles. The molecule has 2 heterocycles. The predicted molar refractivity (Wildman–Crippen MR) is 163 cm³/mol. The van der Waals surface area contributed by atoms with E-state index in [-0.39, 0.29) is 30.7 Å². The number of hydrogen-bond donors (Lipinski definition) is 3. The number of carbonyl (C=O) groups excluding carboxylic acids is 4. The van der Waals surface area contributed by atoms with E-state index in [1.165, 1.54) is 20.3 Å². The van der Waals surface area contributed by atoms with Gasteiger partial charge in [-0.3, -0.25) is 9.59 Å². The van der Waals surface area contributed by atoms with E-state index in [9.17, 15) is 19.2 Å². The topological polar surface area (TPSA) is 153 Å². The van der Waals surface area contributed by atoms with Crippen molar-refractivity contribution in [2.45, 2.75) is 77.0 Å². The molecule has 2 fully saturated rings. The summed E-state index contributed by atoms with van der Waals surface area (Å²) in [7, 11) is 2.73. The van der Waals surface area contributed by atoms with Crippen LogP contribution in [0.4, 0.5) is 10.5 Å². The standard InChI is InChI=1S/C30H46ClN5O7/c1-30(2,3)43-29(40)34-24(28(39)42-5)6-7-26(37)36-14-8-19(9-15-36)18-35-12-10-20(11-13-35)33-27(38)21-16-22(31)23(32)17-25(21)41-4/h16-17,19-20,24H,6-15,18,32H2,1-5H3,(H,33,38)(H,34,40). The summed E-state index contributed by atoms with van der Waals surface area (Å²) in [5.41, 5.74) is 5.85. The molecule has 3 rings (SSSR count). The number of anilines is 1. The molecule has 1 unspecified atom stereocenters. The van der Waals surface area contributed by atoms with Gasteiger partial charge in [0.05, 0.1) is 30.5 Å². The van der Waals surface area contributed by atoms with Crippen LogP contribution in [0.25, 0.3) is 0 Å². The summed E-state index contributed by atoms with van der Waals surface area (Å²) in [4.78, 5) is 54.3. The first kappa shape index (κ1) is 34.2. The molecular weight excluding hydrogens is 578 g/mol. The first-order valence-corrected chi connectivity index (χ1v) is 15.2. The van der Waals surface area contributed by atoms with Gasteiger partial charge in [0, 0.05) is 51.3 Å². The highest BCUT2D eigenvalue weighted by Crippen LogP contribution is 2.29. The summed E-state index contributed by atoms with van der Waals surface area (Å²) in [6, 6.07) is 2.19. The second-order valence-electron chi connectivity index (χ2n) is 12.2. The Morgan fingerprint density at radius 2 is 1.70 bits per heavy atom. The highest BCUT2D eigenvalue weighted by molar-refractivity contribution is 6.33. The van der Waals surface area contributed by atoms with Crippen LogP contribution >= 0.6 is 11.6 Å². The fraction of sp³-hybridized carbons (Fsp3) is 0.667. The van der Waals surface area contributed by atoms with Crippen molar-refractivity contribution in [2.24, 2.45) is 5.92 Å². The van der Waals surface area contributed by atoms with Crippen molar-refractivity contribution in [1.82, 2.24) is 20.4 Å². The number of benzene rings is 1. The zero-order chi connectivity index (χ0) is 31.7. The molecule has 43 heavy (non-hydrogen) atoms. The minimum atomic E-state index is -0.958. The maximum Gasteiger partial charge on any atom is 0.408 e. The third-order valence-electron chi connectivity index (χ3n) is 7.79. The van der Waals surface area contributed by atoms with Gasteiger partial charge in [0.15, 0.2) is 0 Å². The first-order chi connectivity index (χ1) is 20.3. The average molecular weight is 624 g/mol. The Balaban J connectivity index is 1.38. The van der Waals surface area contributed by atoms with Gasteiger partial charge in [-0.25, -0.2) is 9.59 Å². The van der Waals surface area contributed by atoms with Crippen LogP contribution in [-0.4, -0.2) is 98.3 Å². The number of esters is 1. The fourth-order valence-corrected chi connectivity index (χ4v) is 5.60. The van der Waals surface area contributed by atoms with Crippen molar-refractivity contribution >= 4 is 41.2 Å². The summed E-state index contributed by atoms with van der Waals surface area (Å²) in [5.74, 6) is -0.0211. The molecule has 3 amide bonds. The lowest BCUT2D eigenvalue weighted by atomic mass is 9.94. The summed E-state index contributed by atoms with van der Waals surface area (Å²) in [6.07, 6.45) is 3.00. The third-order valence-corrected chi connectivity index (χ3v) is 8.12. The predicted octanol–water partition coefficient (Wildman–Crippen LogP) is 3.21. The van der Waals surface area contributed by atoms with Gasteiger partial charge in [-0.1, -0.05) is 11.6 Å². The molecule has 12 nitrogen and oxygen atoms in total. The van der Waals surface area contributed by atoms with Gasteiger partial charge in [0.2, 0.25) is 5.91 Å². The number of carbonyl (C=O) groups is 4. The Labute approximate surface area is 258 Å². The van der Waals surface area contributed by atoms with Crippen LogP contribution in [0.2, 0.25) is 5.02 Å². The van der Waals surface area contributed by atoms with Gasteiger partial charge < -0.3 is 40.4 Å². The summed E-state index contributed by atoms with van der Waals surface area (Å²) in [6.45, 7) is 9.21. The Hall–Kier alpha value is -3.25. The van der Waals surface area contributed by atoms with Crippen molar-refractivity contribution in [3.63, 3.8) is 0 Å². The summed E-state index contributed by atoms with van der Waals surface area (Å²) >= 11 is 6.12. The molecule has 1 aromatic rings. The van der Waals surface area contributed by atoms with Crippen LogP contribution in [0.3, 0.4) is 0 Å². The number of halogens is 1. The van der Waals surface area contributed by atoms with E-state index >= 15 is 0 Å². The van der Waals surface area contributed by atoms with Crippen LogP contribution in [0, 0.1) is 5.92 Å². The van der Waals surface area contributed by atoms with Crippen molar-refractivity contribution in [2.75, 3.05) is 52.7 Å². The molecule has 0 radical (unpaired) electrons. The molecular formula is C30H46ClN5O7. The third kappa shape index (κ3) is 10.5. The zero-order valence-electron chi connectivity index (χ0n) is 25.9. The quantitative estimate of drug-likeness (QED) is 0.263. The van der Waals surface area contributed by atoms with Gasteiger partial charge in [-0.2, -0.15) is 0 Å². The second-order valence-corrected chi connectivity index (χ2v) is 12.6. The number of hydrogen-bond acceptors (Lipinski definition) is 9. The lowest BCUT2D eigenvalue weighted by molar-refractivity contribution is -0.143. The largest absolute Gasteiger partial charge is 0.496 e. The monoisotopic (exact) mass is 623 g/mol. The molecule has 2 saturated heterocycles. The van der Waals surface area contributed by atoms with Crippen LogP contribution in [0.15, 0.2) is 12.1 Å². The lowest BCUT2D eigenvalue weighted by Gasteiger charge is -2.38. The number of nitrogens with one attached hydrogen (secondary N) is 2. The van der Waals surface area contributed by atoms with Gasteiger partial charge in [0.1, 0.15) is 17.4 Å². The number of rotatable bonds is 10. The number of piperidine rings is 2. The van der Waals surface area contributed by atoms with E-state index in [2.05, 4.69) is 15.5 Å². The minimum Gasteiger partial charge on any atom is -0.496 e. The lowest BCUT2D eigenvalue weighted by Crippen LogP contribution is -2.47. The Kier molecular flexibility index (Phi) is 12.3. The molecule has 0 aliphatic carbocycles. The number of nitrogens with zero attached hydrogens (tertiary/aromatic N) is 2. The maximum atomic E-state index is 12.9. The van der Waals surface area contributed by atoms with Crippen LogP contribution in [0.5, 0.6) is 5.75 Å². The molecule has 0 saturated carbocycles. The van der Waals surface area contributed by atoms with E-state index < -0.39 is 23.7 Å². The van der Waals surface area contributed by atoms with E-state index in [0.717, 1.165) is 45.3 Å². The van der Waals surface area contributed by atoms with E-state index in [4.69, 9.17) is 31.5 Å². The van der Waals surface area contributed by atoms with Crippen LogP contribution < -0.4 is 21.1 Å². The number of likely N-dealkylation sites (tertiary alicyclic amines) is 2. The number of nitrogens with two attached hydrogens (primary N) is 1. The summed E-state index contributed by atoms with van der Waals surface area (Å²) in [5, 5.41) is 5.93. The van der Waals surface area contributed by atoms with Crippen molar-refractivity contribution in [3.05, 3.63) is 22.7 Å². The van der Waals surface area contributed by atoms with Crippen molar-refractivity contribution < 1.29 is 33.4 Å². The molecule has 2 aliphatic heterocycles. The van der Waals surface area contributed by atoms with Gasteiger partial charge in [-0.05, 0) is 64.9 Å². The molecule has 13 heteroatoms. The number of methoxy groups -OCH3 is 2. The van der Waals surface area contributed by atoms with Gasteiger partial charge >= 0.3 is 12.1 Å². The molecule has 240 valence electrons. The van der Waals surface area contributed by atoms with Gasteiger partial charge in [-0.15, -0.1) is 0 Å². The molecule has 0 spiro atoms. The van der Waals surface area contributed by atoms with Crippen LogP contribution in [-0.2, 0) is 19.1 Å². The Morgan fingerprint density at radius 1 is 1.05 bits per heavy atom. The normalized spacial score (nSPS) is 17.6. The van der Waals surface area contributed by atoms with Crippen LogP contribution in [0.1, 0.15) is 69.7 Å². The SMILES string of the molecule is COC(=O)C(CCC(=O)N1CCC(CN2CCC(NC(=O)c3cc(Cl)c(N)cc3OC)CC2)CC1)NC(=O)OC(C)(C)C. The van der Waals surface area contributed by atoms with Crippen molar-refractivity contribution in [1.29, 1.82) is 0 Å². The summed E-state index contributed by atoms with van der Waals surface area (Å²) < 4.78 is 15.3. The highest BCUT2D eigenvalue weighted by atomic mass is 35.5. The Bertz CT molecular complexity index is 1140. The first-order valence-electron chi connectivity index (χ1n) is 14.8. The van der Waals surface area contributed by atoms with E-state index in [0.29, 0.717) is 41.0 Å². The van der Waals surface area contributed by atoms with Gasteiger partial charge in [0.25, 0.3) is 5.91 Å². The molecule has 0 aromatic heterocycles. The Morgan fingerprint density at radius 3 is 2.28 bits per heavy atom. The number of nitrogen functional groups attached to an aromatic ring is 1. The number of alkyl carbamates (subject to hydrolysis) is 1. The maximum absolute atomic E-state index is 12.9. The molecule has 4 N–H and O–H groups in total. The zero-order valence-corrected chi connectivity index (χ0v) is 26.6. The number of amides is 3. The minimum absolute atomic E-state index is 0.0473. The van der Waals surface area contributed by atoms with Crippen molar-refractivity contribution in [3.8, 4) is 5.75 Å². The molecule has 0 bridgehead atoms. The van der Waals surface area contributed by atoms with E-state index in [1.54, 1.807) is 26.8 Å². The smallest absolute Gasteiger partial charge is 0.408 e. The second kappa shape index (κ2) is 15.5. The highest BCUT2D eigenvalue weighted by Gasteiger charge is 2.30. The van der Waals surface area contributed by atoms with E-state index in [1.807, 2.05) is 4.90 Å². The molecule has 1 atom stereocenters. The fourth-order valence-electron chi connectivity index (χ4n) is 5.44. The average Bonchev–Trinajstić information content (AvgIpc) is 2.96.